The Morgan fingerprint density at radius 1 is 0.273 bits per heavy atom. The first-order valence-electron chi connectivity index (χ1n) is 33.1. The van der Waals surface area contributed by atoms with Crippen LogP contribution in [0.25, 0.3) is 0 Å². The van der Waals surface area contributed by atoms with E-state index in [2.05, 4.69) is 106 Å². The van der Waals surface area contributed by atoms with Crippen molar-refractivity contribution in [1.29, 1.82) is 0 Å². The van der Waals surface area contributed by atoms with Gasteiger partial charge in [0.2, 0.25) is 0 Å². The van der Waals surface area contributed by atoms with Crippen LogP contribution < -0.4 is 0 Å². The van der Waals surface area contributed by atoms with Crippen molar-refractivity contribution in [3.63, 3.8) is 0 Å². The van der Waals surface area contributed by atoms with Crippen LogP contribution in [0.5, 0.6) is 0 Å². The van der Waals surface area contributed by atoms with Gasteiger partial charge in [0.1, 0.15) is 13.2 Å². The molecule has 0 radical (unpaired) electrons. The second-order valence-corrected chi connectivity index (χ2v) is 22.0. The maximum absolute atomic E-state index is 12.9. The molecule has 0 spiro atoms. The van der Waals surface area contributed by atoms with Gasteiger partial charge in [0.15, 0.2) is 6.10 Å². The normalized spacial score (nSPS) is 12.6. The second kappa shape index (κ2) is 65.1. The standard InChI is InChI=1S/C71H124O6/c1-4-7-10-13-16-19-22-25-28-29-30-31-32-33-34-35-36-37-38-39-40-41-44-46-49-52-55-58-61-64-70(73)76-67-68(77-71(74)65-62-59-56-53-50-47-43-27-24-21-18-15-12-9-6-3)66-75-69(72)63-60-57-54-51-48-45-42-26-23-20-17-14-11-8-5-2/h8-9,11-12,17-18,20-21,26-27,29-30,42-43,68H,4-7,10,13-16,19,22-25,28,31-41,44-67H2,1-3H3/b11-8-,12-9-,20-17-,21-18-,30-29-,42-26-,43-27-. The summed E-state index contributed by atoms with van der Waals surface area (Å²) in [6.45, 7) is 6.42. The van der Waals surface area contributed by atoms with Crippen LogP contribution in [-0.2, 0) is 28.6 Å². The van der Waals surface area contributed by atoms with Crippen LogP contribution in [0.4, 0.5) is 0 Å². The summed E-state index contributed by atoms with van der Waals surface area (Å²) >= 11 is 0. The van der Waals surface area contributed by atoms with E-state index < -0.39 is 6.10 Å². The molecule has 0 N–H and O–H groups in total. The van der Waals surface area contributed by atoms with Gasteiger partial charge < -0.3 is 14.2 Å². The van der Waals surface area contributed by atoms with Crippen molar-refractivity contribution in [2.75, 3.05) is 13.2 Å². The minimum absolute atomic E-state index is 0.0875. The second-order valence-electron chi connectivity index (χ2n) is 22.0. The molecule has 0 aliphatic carbocycles. The molecule has 0 aromatic carbocycles. The average molecular weight is 1070 g/mol. The molecule has 0 aromatic rings. The smallest absolute Gasteiger partial charge is 0.306 e. The van der Waals surface area contributed by atoms with Gasteiger partial charge in [-0.2, -0.15) is 0 Å². The van der Waals surface area contributed by atoms with Crippen LogP contribution in [0.15, 0.2) is 85.1 Å². The highest BCUT2D eigenvalue weighted by Gasteiger charge is 2.19. The third kappa shape index (κ3) is 63.3. The van der Waals surface area contributed by atoms with Gasteiger partial charge in [-0.15, -0.1) is 0 Å². The zero-order valence-electron chi connectivity index (χ0n) is 51.0. The SMILES string of the molecule is CC/C=C\C/C=C\C/C=C\CCCCCCCC(=O)OCC(COC(=O)CCCCCCCCCCCCCCCCCCC/C=C\CCCCCCCCCC)OC(=O)CCCCCCC/C=C\C/C=C\C/C=C\CC. The Morgan fingerprint density at radius 2 is 0.506 bits per heavy atom. The van der Waals surface area contributed by atoms with E-state index in [1.165, 1.54) is 154 Å². The summed E-state index contributed by atoms with van der Waals surface area (Å²) in [6, 6.07) is 0. The highest BCUT2D eigenvalue weighted by atomic mass is 16.6. The number of hydrogen-bond acceptors (Lipinski definition) is 6. The van der Waals surface area contributed by atoms with E-state index in [9.17, 15) is 14.4 Å². The third-order valence-corrected chi connectivity index (χ3v) is 14.4. The van der Waals surface area contributed by atoms with E-state index in [0.29, 0.717) is 19.3 Å². The Morgan fingerprint density at radius 3 is 0.805 bits per heavy atom. The van der Waals surface area contributed by atoms with Crippen molar-refractivity contribution >= 4 is 17.9 Å². The Kier molecular flexibility index (Phi) is 62.2. The molecule has 0 fully saturated rings. The zero-order chi connectivity index (χ0) is 55.7. The van der Waals surface area contributed by atoms with E-state index in [1.807, 2.05) is 0 Å². The van der Waals surface area contributed by atoms with E-state index in [4.69, 9.17) is 14.2 Å². The molecule has 0 aliphatic rings. The quantitative estimate of drug-likeness (QED) is 0.0261. The van der Waals surface area contributed by atoms with Gasteiger partial charge >= 0.3 is 17.9 Å². The summed E-state index contributed by atoms with van der Waals surface area (Å²) in [6.07, 6.45) is 86.1. The number of hydrogen-bond donors (Lipinski definition) is 0. The number of unbranched alkanes of at least 4 members (excludes halogenated alkanes) is 35. The van der Waals surface area contributed by atoms with E-state index in [1.54, 1.807) is 0 Å². The van der Waals surface area contributed by atoms with Crippen LogP contribution in [0, 0.1) is 0 Å². The first kappa shape index (κ1) is 73.6. The number of carbonyl (C=O) groups is 3. The Bertz CT molecular complexity index is 1470. The fourth-order valence-corrected chi connectivity index (χ4v) is 9.47. The monoisotopic (exact) mass is 1070 g/mol. The Hall–Kier alpha value is -3.41. The van der Waals surface area contributed by atoms with Gasteiger partial charge in [0.05, 0.1) is 0 Å². The van der Waals surface area contributed by atoms with E-state index >= 15 is 0 Å². The summed E-state index contributed by atoms with van der Waals surface area (Å²) in [5.41, 5.74) is 0. The summed E-state index contributed by atoms with van der Waals surface area (Å²) < 4.78 is 16.9. The molecule has 0 saturated carbocycles. The number of allylic oxidation sites excluding steroid dienone is 14. The van der Waals surface area contributed by atoms with Crippen molar-refractivity contribution in [2.24, 2.45) is 0 Å². The van der Waals surface area contributed by atoms with Crippen LogP contribution in [0.3, 0.4) is 0 Å². The summed E-state index contributed by atoms with van der Waals surface area (Å²) in [5, 5.41) is 0. The number of esters is 3. The van der Waals surface area contributed by atoms with Crippen LogP contribution in [0.1, 0.15) is 329 Å². The van der Waals surface area contributed by atoms with Crippen molar-refractivity contribution in [3.8, 4) is 0 Å². The first-order valence-corrected chi connectivity index (χ1v) is 33.1. The molecule has 0 bridgehead atoms. The van der Waals surface area contributed by atoms with Crippen LogP contribution in [0.2, 0.25) is 0 Å². The summed E-state index contributed by atoms with van der Waals surface area (Å²) in [4.78, 5) is 38.3. The van der Waals surface area contributed by atoms with Gasteiger partial charge in [-0.05, 0) is 109 Å². The van der Waals surface area contributed by atoms with Gasteiger partial charge in [0.25, 0.3) is 0 Å². The highest BCUT2D eigenvalue weighted by molar-refractivity contribution is 5.71. The lowest BCUT2D eigenvalue weighted by Gasteiger charge is -2.18. The lowest BCUT2D eigenvalue weighted by molar-refractivity contribution is -0.167. The topological polar surface area (TPSA) is 78.9 Å². The molecule has 444 valence electrons. The molecule has 6 heteroatoms. The van der Waals surface area contributed by atoms with Gasteiger partial charge in [0, 0.05) is 19.3 Å². The van der Waals surface area contributed by atoms with Gasteiger partial charge in [-0.25, -0.2) is 0 Å². The van der Waals surface area contributed by atoms with Gasteiger partial charge in [-0.1, -0.05) is 286 Å². The van der Waals surface area contributed by atoms with Crippen molar-refractivity contribution in [2.45, 2.75) is 335 Å². The van der Waals surface area contributed by atoms with Gasteiger partial charge in [-0.3, -0.25) is 14.4 Å². The minimum Gasteiger partial charge on any atom is -0.462 e. The van der Waals surface area contributed by atoms with E-state index in [-0.39, 0.29) is 31.1 Å². The maximum atomic E-state index is 12.9. The molecule has 1 atom stereocenters. The molecule has 77 heavy (non-hydrogen) atoms. The third-order valence-electron chi connectivity index (χ3n) is 14.4. The average Bonchev–Trinajstić information content (AvgIpc) is 3.43. The molecule has 1 unspecified atom stereocenters. The molecular formula is C71H124O6. The molecule has 0 aromatic heterocycles. The van der Waals surface area contributed by atoms with Crippen LogP contribution >= 0.6 is 0 Å². The Balaban J connectivity index is 4.23. The zero-order valence-corrected chi connectivity index (χ0v) is 51.0. The molecule has 0 rings (SSSR count). The molecule has 0 aliphatic heterocycles. The van der Waals surface area contributed by atoms with Crippen LogP contribution in [-0.4, -0.2) is 37.2 Å². The predicted molar refractivity (Wildman–Crippen MR) is 334 cm³/mol. The van der Waals surface area contributed by atoms with Crippen molar-refractivity contribution in [3.05, 3.63) is 85.1 Å². The molecular weight excluding hydrogens is 949 g/mol. The molecule has 0 saturated heterocycles. The maximum Gasteiger partial charge on any atom is 0.306 e. The molecule has 0 heterocycles. The lowest BCUT2D eigenvalue weighted by Crippen LogP contribution is -2.30. The number of rotatable bonds is 60. The Labute approximate surface area is 477 Å². The summed E-state index contributed by atoms with van der Waals surface area (Å²) in [7, 11) is 0. The summed E-state index contributed by atoms with van der Waals surface area (Å²) in [5.74, 6) is -0.910. The largest absolute Gasteiger partial charge is 0.462 e. The molecule has 0 amide bonds. The highest BCUT2D eigenvalue weighted by Crippen LogP contribution is 2.17. The fraction of sp³-hybridized carbons (Fsp3) is 0.761. The number of carbonyl (C=O) groups excluding carboxylic acids is 3. The fourth-order valence-electron chi connectivity index (χ4n) is 9.47. The molecule has 6 nitrogen and oxygen atoms in total. The first-order chi connectivity index (χ1) is 38.0. The number of ether oxygens (including phenoxy) is 3. The minimum atomic E-state index is -0.794. The van der Waals surface area contributed by atoms with Crippen molar-refractivity contribution < 1.29 is 28.6 Å². The predicted octanol–water partition coefficient (Wildman–Crippen LogP) is 22.7. The van der Waals surface area contributed by atoms with E-state index in [0.717, 1.165) is 135 Å². The lowest BCUT2D eigenvalue weighted by atomic mass is 10.0. The van der Waals surface area contributed by atoms with Crippen molar-refractivity contribution in [1.82, 2.24) is 0 Å².